The molecule has 0 amide bonds. The van der Waals surface area contributed by atoms with Crippen LogP contribution in [0, 0.1) is 0 Å². The third-order valence-electron chi connectivity index (χ3n) is 10.9. The van der Waals surface area contributed by atoms with Gasteiger partial charge in [-0.15, -0.1) is 0 Å². The lowest BCUT2D eigenvalue weighted by molar-refractivity contribution is -0.953. The Balaban J connectivity index is 0.00000451. The predicted octanol–water partition coefficient (Wildman–Crippen LogP) is 3.57. The maximum Gasteiger partial charge on any atom is 0.180 e. The molecule has 3 fully saturated rings. The number of nitrogens with zero attached hydrogens (tertiary/aromatic N) is 3. The second-order valence-electron chi connectivity index (χ2n) is 14.6. The van der Waals surface area contributed by atoms with Gasteiger partial charge in [-0.05, 0) is 59.9 Å². The van der Waals surface area contributed by atoms with Crippen LogP contribution in [0.25, 0.3) is 0 Å². The summed E-state index contributed by atoms with van der Waals surface area (Å²) in [6, 6.07) is 22.8. The molecule has 3 aromatic carbocycles. The molecular formula is C39H55ClN4O3S. The molecule has 0 spiro atoms. The molecule has 48 heavy (non-hydrogen) atoms. The first-order valence-electron chi connectivity index (χ1n) is 17.8. The van der Waals surface area contributed by atoms with E-state index in [2.05, 4.69) is 66.5 Å². The van der Waals surface area contributed by atoms with Crippen molar-refractivity contribution in [1.82, 2.24) is 10.2 Å². The highest BCUT2D eigenvalue weighted by Gasteiger charge is 2.42. The fraction of sp³-hybridized carbons (Fsp3) is 0.538. The van der Waals surface area contributed by atoms with Crippen LogP contribution in [-0.4, -0.2) is 82.5 Å². The Morgan fingerprint density at radius 2 is 1.48 bits per heavy atom. The zero-order valence-electron chi connectivity index (χ0n) is 29.4. The van der Waals surface area contributed by atoms with E-state index in [1.54, 1.807) is 0 Å². The van der Waals surface area contributed by atoms with Crippen LogP contribution in [0.1, 0.15) is 80.7 Å². The zero-order chi connectivity index (χ0) is 33.1. The van der Waals surface area contributed by atoms with Gasteiger partial charge in [-0.3, -0.25) is 10.2 Å². The number of ether oxygens (including phenoxy) is 1. The first-order valence-corrected chi connectivity index (χ1v) is 19.5. The van der Waals surface area contributed by atoms with Crippen LogP contribution in [-0.2, 0) is 23.0 Å². The van der Waals surface area contributed by atoms with Gasteiger partial charge in [0.2, 0.25) is 0 Å². The van der Waals surface area contributed by atoms with E-state index in [-0.39, 0.29) is 24.2 Å². The highest BCUT2D eigenvalue weighted by Crippen LogP contribution is 2.40. The van der Waals surface area contributed by atoms with Gasteiger partial charge in [0.05, 0.1) is 36.3 Å². The monoisotopic (exact) mass is 694 g/mol. The van der Waals surface area contributed by atoms with Gasteiger partial charge in [0.25, 0.3) is 0 Å². The number of fused-ring (bicyclic) bond motifs is 4. The second kappa shape index (κ2) is 15.5. The van der Waals surface area contributed by atoms with Crippen molar-refractivity contribution in [3.63, 3.8) is 0 Å². The maximum atomic E-state index is 14.0. The molecule has 1 N–H and O–H groups in total. The average Bonchev–Trinajstić information content (AvgIpc) is 3.18. The van der Waals surface area contributed by atoms with Crippen molar-refractivity contribution >= 4 is 15.5 Å². The van der Waals surface area contributed by atoms with Gasteiger partial charge in [0, 0.05) is 50.5 Å². The molecule has 0 unspecified atom stereocenters. The summed E-state index contributed by atoms with van der Waals surface area (Å²) in [5.41, 5.74) is 4.97. The SMILES string of the molecule is CCCCC1(CCCC)CS(=O)(=O)c2ccc(N(C)C)cc2[C@@H](c2ccc(OCc3ccc(C[N+]45CCN(CC4)CC5)cc3)cc2)N1.[Cl-]. The number of hydrogen-bond donors (Lipinski definition) is 1. The van der Waals surface area contributed by atoms with Gasteiger partial charge in [-0.25, -0.2) is 8.42 Å². The first-order chi connectivity index (χ1) is 22.6. The van der Waals surface area contributed by atoms with E-state index >= 15 is 0 Å². The number of piperazine rings is 3. The fourth-order valence-electron chi connectivity index (χ4n) is 7.92. The highest BCUT2D eigenvalue weighted by molar-refractivity contribution is 7.91. The molecule has 7 rings (SSSR count). The number of sulfone groups is 1. The van der Waals surface area contributed by atoms with Crippen LogP contribution in [0.2, 0.25) is 0 Å². The van der Waals surface area contributed by atoms with E-state index in [1.807, 2.05) is 43.3 Å². The molecule has 4 heterocycles. The summed E-state index contributed by atoms with van der Waals surface area (Å²) in [6.07, 6.45) is 5.73. The molecule has 9 heteroatoms. The Bertz CT molecular complexity index is 1580. The largest absolute Gasteiger partial charge is 1.00 e. The summed E-state index contributed by atoms with van der Waals surface area (Å²) in [6.45, 7) is 13.5. The molecule has 3 aromatic rings. The fourth-order valence-corrected chi connectivity index (χ4v) is 9.98. The Labute approximate surface area is 295 Å². The minimum absolute atomic E-state index is 0. The van der Waals surface area contributed by atoms with Gasteiger partial charge >= 0.3 is 0 Å². The van der Waals surface area contributed by atoms with Crippen molar-refractivity contribution in [3.8, 4) is 5.75 Å². The first kappa shape index (κ1) is 36.7. The molecule has 0 saturated carbocycles. The Kier molecular flexibility index (Phi) is 11.8. The van der Waals surface area contributed by atoms with Crippen molar-refractivity contribution in [1.29, 1.82) is 0 Å². The number of rotatable bonds is 13. The Hall–Kier alpha value is -2.62. The molecule has 262 valence electrons. The lowest BCUT2D eigenvalue weighted by atomic mass is 9.86. The van der Waals surface area contributed by atoms with Crippen molar-refractivity contribution in [2.24, 2.45) is 0 Å². The summed E-state index contributed by atoms with van der Waals surface area (Å²) < 4.78 is 35.6. The minimum Gasteiger partial charge on any atom is -1.00 e. The van der Waals surface area contributed by atoms with E-state index in [0.29, 0.717) is 11.5 Å². The molecule has 0 radical (unpaired) electrons. The number of hydrogen-bond acceptors (Lipinski definition) is 6. The summed E-state index contributed by atoms with van der Waals surface area (Å²) >= 11 is 0. The molecule has 1 atom stereocenters. The number of nitrogens with one attached hydrogen (secondary N) is 1. The van der Waals surface area contributed by atoms with Gasteiger partial charge < -0.3 is 26.5 Å². The number of unbranched alkanes of at least 4 members (excludes halogenated alkanes) is 2. The van der Waals surface area contributed by atoms with Crippen molar-refractivity contribution in [2.45, 2.75) is 82.0 Å². The van der Waals surface area contributed by atoms with Gasteiger partial charge in [0.15, 0.2) is 9.84 Å². The minimum atomic E-state index is -3.50. The standard InChI is InChI=1S/C39H55N4O3S.ClH/c1-5-7-19-39(20-8-6-2)30-47(44,45)37-18-15-34(41(3)4)27-36(37)38(40-39)33-13-16-35(17-14-33)46-29-32-11-9-31(10-12-32)28-43-24-21-42(22-25-43)23-26-43;/h9-18,27,38,40H,5-8,19-26,28-30H2,1-4H3;1H/q+1;/p-1/t38-;/m1./s1. The lowest BCUT2D eigenvalue weighted by Crippen LogP contribution is -3.00. The number of benzene rings is 3. The van der Waals surface area contributed by atoms with E-state index in [0.717, 1.165) is 67.6 Å². The number of anilines is 1. The zero-order valence-corrected chi connectivity index (χ0v) is 31.0. The quantitative estimate of drug-likeness (QED) is 0.277. The van der Waals surface area contributed by atoms with Gasteiger partial charge in [-0.2, -0.15) is 0 Å². The summed E-state index contributed by atoms with van der Waals surface area (Å²) in [7, 11) is 0.498. The van der Waals surface area contributed by atoms with E-state index in [9.17, 15) is 8.42 Å². The summed E-state index contributed by atoms with van der Waals surface area (Å²) in [4.78, 5) is 5.08. The van der Waals surface area contributed by atoms with Crippen LogP contribution in [0.5, 0.6) is 5.75 Å². The summed E-state index contributed by atoms with van der Waals surface area (Å²) in [5, 5.41) is 3.97. The van der Waals surface area contributed by atoms with Crippen molar-refractivity contribution in [2.75, 3.05) is 64.0 Å². The van der Waals surface area contributed by atoms with E-state index in [4.69, 9.17) is 4.74 Å². The van der Waals surface area contributed by atoms with E-state index in [1.165, 1.54) is 54.9 Å². The maximum absolute atomic E-state index is 14.0. The number of quaternary nitrogens is 1. The Morgan fingerprint density at radius 1 is 0.875 bits per heavy atom. The smallest absolute Gasteiger partial charge is 0.180 e. The normalized spacial score (nSPS) is 23.8. The summed E-state index contributed by atoms with van der Waals surface area (Å²) in [5.74, 6) is 0.942. The lowest BCUT2D eigenvalue weighted by Gasteiger charge is -2.50. The molecule has 7 nitrogen and oxygen atoms in total. The molecule has 4 aliphatic rings. The third-order valence-corrected chi connectivity index (χ3v) is 12.9. The molecular weight excluding hydrogens is 640 g/mol. The van der Waals surface area contributed by atoms with Crippen LogP contribution in [0.4, 0.5) is 5.69 Å². The topological polar surface area (TPSA) is 61.9 Å². The molecule has 0 aromatic heterocycles. The van der Waals surface area contributed by atoms with Gasteiger partial charge in [0.1, 0.15) is 18.9 Å². The van der Waals surface area contributed by atoms with E-state index < -0.39 is 15.4 Å². The van der Waals surface area contributed by atoms with Crippen LogP contribution in [0.15, 0.2) is 71.6 Å². The van der Waals surface area contributed by atoms with Crippen molar-refractivity contribution in [3.05, 3.63) is 89.0 Å². The molecule has 0 aliphatic carbocycles. The molecule has 2 bridgehead atoms. The van der Waals surface area contributed by atoms with Gasteiger partial charge in [-0.1, -0.05) is 75.9 Å². The van der Waals surface area contributed by atoms with Crippen molar-refractivity contribution < 1.29 is 30.0 Å². The number of halogens is 1. The van der Waals surface area contributed by atoms with Crippen LogP contribution < -0.4 is 27.4 Å². The Morgan fingerprint density at radius 3 is 2.06 bits per heavy atom. The van der Waals surface area contributed by atoms with Crippen LogP contribution in [0.3, 0.4) is 0 Å². The van der Waals surface area contributed by atoms with Crippen LogP contribution >= 0.6 is 0 Å². The predicted molar refractivity (Wildman–Crippen MR) is 192 cm³/mol. The average molecular weight is 695 g/mol. The third kappa shape index (κ3) is 8.22. The molecule has 3 saturated heterocycles. The molecule has 4 aliphatic heterocycles. The second-order valence-corrected chi connectivity index (χ2v) is 16.6. The highest BCUT2D eigenvalue weighted by atomic mass is 35.5.